The molecule has 160 valence electrons. The molecule has 0 radical (unpaired) electrons. The van der Waals surface area contributed by atoms with Crippen LogP contribution in [0, 0.1) is 10.1 Å². The lowest BCUT2D eigenvalue weighted by Gasteiger charge is -2.36. The van der Waals surface area contributed by atoms with Gasteiger partial charge in [-0.15, -0.1) is 0 Å². The van der Waals surface area contributed by atoms with Gasteiger partial charge in [0.1, 0.15) is 12.6 Å². The molecule has 1 aliphatic rings. The van der Waals surface area contributed by atoms with Crippen molar-refractivity contribution in [3.8, 4) is 0 Å². The van der Waals surface area contributed by atoms with E-state index >= 15 is 0 Å². The third kappa shape index (κ3) is 6.01. The molecule has 0 spiro atoms. The monoisotopic (exact) mass is 439 g/mol. The van der Waals surface area contributed by atoms with Crippen molar-refractivity contribution in [3.63, 3.8) is 0 Å². The molecule has 1 saturated heterocycles. The van der Waals surface area contributed by atoms with Crippen molar-refractivity contribution in [1.29, 1.82) is 0 Å². The maximum absolute atomic E-state index is 12.2. The Labute approximate surface area is 170 Å². The molecule has 2 atom stereocenters. The van der Waals surface area contributed by atoms with Gasteiger partial charge in [0, 0.05) is 24.8 Å². The van der Waals surface area contributed by atoms with E-state index in [9.17, 15) is 32.9 Å². The lowest BCUT2D eigenvalue weighted by Crippen LogP contribution is -2.69. The maximum Gasteiger partial charge on any atom is 0.441 e. The fourth-order valence-corrected chi connectivity index (χ4v) is 3.01. The zero-order valence-corrected chi connectivity index (χ0v) is 16.4. The highest BCUT2D eigenvalue weighted by atomic mass is 32.2. The number of β-lactam (4-membered cyclic amide) rings is 1. The zero-order chi connectivity index (χ0) is 22.5. The molecule has 2 rings (SSSR count). The number of hydrogen-bond acceptors (Lipinski definition) is 9. The van der Waals surface area contributed by atoms with Gasteiger partial charge in [0.05, 0.1) is 16.8 Å². The van der Waals surface area contributed by atoms with E-state index in [0.717, 1.165) is 6.26 Å². The third-order valence-electron chi connectivity index (χ3n) is 4.06. The molecule has 1 aromatic carbocycles. The predicted molar refractivity (Wildman–Crippen MR) is 99.7 cm³/mol. The summed E-state index contributed by atoms with van der Waals surface area (Å²) < 4.78 is 27.2. The molecule has 1 amide bonds. The molecular weight excluding hydrogens is 422 g/mol. The van der Waals surface area contributed by atoms with Gasteiger partial charge < -0.3 is 15.6 Å². The van der Waals surface area contributed by atoms with Gasteiger partial charge in [0.25, 0.3) is 11.5 Å². The standard InChI is InChI=1S/C16H17N5O8S/c1-30(27,28)8-18-13-11(19-15(13)23)6-12(22)14(20-17)16(24)29-7-9-2-4-10(5-3-9)21(25)26/h2-5,11,13,18H,6-8H2,1H3,(H,19,23)/t11-,13-/m1/s1. The van der Waals surface area contributed by atoms with E-state index in [2.05, 4.69) is 15.4 Å². The minimum Gasteiger partial charge on any atom is -0.452 e. The molecule has 0 saturated carbocycles. The van der Waals surface area contributed by atoms with E-state index in [1.165, 1.54) is 24.3 Å². The Hall–Kier alpha value is -3.48. The Bertz CT molecular complexity index is 1030. The van der Waals surface area contributed by atoms with Gasteiger partial charge in [0.15, 0.2) is 9.84 Å². The molecular formula is C16H17N5O8S. The van der Waals surface area contributed by atoms with Crippen molar-refractivity contribution in [2.45, 2.75) is 25.1 Å². The first-order valence-corrected chi connectivity index (χ1v) is 10.4. The average Bonchev–Trinajstić information content (AvgIpc) is 2.65. The lowest BCUT2D eigenvalue weighted by atomic mass is 9.93. The Morgan fingerprint density at radius 2 is 1.97 bits per heavy atom. The molecule has 1 aliphatic heterocycles. The van der Waals surface area contributed by atoms with Crippen molar-refractivity contribution >= 4 is 38.9 Å². The average molecular weight is 439 g/mol. The molecule has 0 aromatic heterocycles. The number of non-ortho nitro benzene ring substituents is 1. The molecule has 1 heterocycles. The Morgan fingerprint density at radius 1 is 1.33 bits per heavy atom. The first kappa shape index (κ1) is 22.8. The number of sulfone groups is 1. The van der Waals surface area contributed by atoms with Gasteiger partial charge in [-0.3, -0.25) is 25.0 Å². The fourth-order valence-electron chi connectivity index (χ4n) is 2.53. The van der Waals surface area contributed by atoms with Gasteiger partial charge >= 0.3 is 11.7 Å². The number of amides is 1. The van der Waals surface area contributed by atoms with Crippen molar-refractivity contribution < 1.29 is 37.3 Å². The smallest absolute Gasteiger partial charge is 0.441 e. The van der Waals surface area contributed by atoms with Gasteiger partial charge in [-0.05, 0) is 17.7 Å². The summed E-state index contributed by atoms with van der Waals surface area (Å²) >= 11 is 0. The molecule has 0 aliphatic carbocycles. The number of nitrogens with zero attached hydrogens (tertiary/aromatic N) is 3. The Balaban J connectivity index is 1.92. The van der Waals surface area contributed by atoms with E-state index in [-0.39, 0.29) is 12.3 Å². The second-order valence-corrected chi connectivity index (χ2v) is 8.58. The quantitative estimate of drug-likeness (QED) is 0.0652. The van der Waals surface area contributed by atoms with Crippen LogP contribution in [-0.2, 0) is 35.6 Å². The van der Waals surface area contributed by atoms with E-state index < -0.39 is 62.5 Å². The molecule has 2 N–H and O–H groups in total. The predicted octanol–water partition coefficient (Wildman–Crippen LogP) is -1.27. The number of nitrogens with one attached hydrogen (secondary N) is 2. The number of nitro groups is 1. The molecule has 13 nitrogen and oxygen atoms in total. The lowest BCUT2D eigenvalue weighted by molar-refractivity contribution is -0.384. The Morgan fingerprint density at radius 3 is 2.47 bits per heavy atom. The van der Waals surface area contributed by atoms with Crippen molar-refractivity contribution in [2.24, 2.45) is 0 Å². The summed E-state index contributed by atoms with van der Waals surface area (Å²) in [5.41, 5.74) is 8.34. The number of ether oxygens (including phenoxy) is 1. The summed E-state index contributed by atoms with van der Waals surface area (Å²) in [4.78, 5) is 48.5. The SMILES string of the molecule is CS(=O)(=O)CN[C@H]1C(=O)N[C@@H]1CC(=O)C(=[N+]=[N-])C(=O)OCc1ccc([N+](=O)[O-])cc1. The minimum atomic E-state index is -3.40. The number of benzene rings is 1. The van der Waals surface area contributed by atoms with E-state index in [1.807, 2.05) is 0 Å². The number of ketones is 1. The number of rotatable bonds is 10. The highest BCUT2D eigenvalue weighted by Crippen LogP contribution is 2.14. The Kier molecular flexibility index (Phi) is 7.10. The third-order valence-corrected chi connectivity index (χ3v) is 4.75. The number of hydrogen-bond donors (Lipinski definition) is 2. The van der Waals surface area contributed by atoms with E-state index in [1.54, 1.807) is 0 Å². The van der Waals surface area contributed by atoms with Crippen LogP contribution in [0.1, 0.15) is 12.0 Å². The van der Waals surface area contributed by atoms with Crippen LogP contribution in [0.15, 0.2) is 24.3 Å². The summed E-state index contributed by atoms with van der Waals surface area (Å²) in [6, 6.07) is 3.36. The van der Waals surface area contributed by atoms with Gasteiger partial charge in [-0.25, -0.2) is 13.2 Å². The van der Waals surface area contributed by atoms with Crippen LogP contribution in [-0.4, -0.2) is 65.7 Å². The topological polar surface area (TPSA) is 198 Å². The van der Waals surface area contributed by atoms with Crippen molar-refractivity contribution in [3.05, 3.63) is 45.5 Å². The van der Waals surface area contributed by atoms with Crippen LogP contribution in [0.5, 0.6) is 0 Å². The van der Waals surface area contributed by atoms with Crippen LogP contribution in [0.3, 0.4) is 0 Å². The normalized spacial score (nSPS) is 17.8. The fraction of sp³-hybridized carbons (Fsp3) is 0.375. The summed E-state index contributed by atoms with van der Waals surface area (Å²) in [5, 5.41) is 15.5. The number of carbonyl (C=O) groups excluding carboxylic acids is 3. The molecule has 14 heteroatoms. The second kappa shape index (κ2) is 9.35. The molecule has 0 bridgehead atoms. The molecule has 1 fully saturated rings. The van der Waals surface area contributed by atoms with Crippen molar-refractivity contribution in [1.82, 2.24) is 10.6 Å². The van der Waals surface area contributed by atoms with Gasteiger partial charge in [-0.2, -0.15) is 4.79 Å². The number of carbonyl (C=O) groups is 3. The number of esters is 1. The maximum atomic E-state index is 12.2. The number of nitro benzene ring substituents is 1. The van der Waals surface area contributed by atoms with Crippen LogP contribution in [0.4, 0.5) is 5.69 Å². The second-order valence-electron chi connectivity index (χ2n) is 6.44. The first-order chi connectivity index (χ1) is 14.0. The summed E-state index contributed by atoms with van der Waals surface area (Å²) in [6.45, 7) is -0.332. The molecule has 0 unspecified atom stereocenters. The van der Waals surface area contributed by atoms with E-state index in [4.69, 9.17) is 10.3 Å². The summed E-state index contributed by atoms with van der Waals surface area (Å²) in [6.07, 6.45) is 0.535. The van der Waals surface area contributed by atoms with Gasteiger partial charge in [-0.1, -0.05) is 0 Å². The zero-order valence-electron chi connectivity index (χ0n) is 15.6. The summed E-state index contributed by atoms with van der Waals surface area (Å²) in [5.74, 6) is -3.15. The first-order valence-electron chi connectivity index (χ1n) is 8.39. The molecule has 1 aromatic rings. The number of Topliss-reactive ketones (excluding diaryl/α,β-unsaturated/α-hetero) is 1. The molecule has 30 heavy (non-hydrogen) atoms. The van der Waals surface area contributed by atoms with Crippen LogP contribution >= 0.6 is 0 Å². The minimum absolute atomic E-state index is 0.153. The summed E-state index contributed by atoms with van der Waals surface area (Å²) in [7, 11) is -3.40. The van der Waals surface area contributed by atoms with Crippen LogP contribution in [0.25, 0.3) is 5.53 Å². The van der Waals surface area contributed by atoms with Crippen LogP contribution in [0.2, 0.25) is 0 Å². The highest BCUT2D eigenvalue weighted by Gasteiger charge is 2.43. The van der Waals surface area contributed by atoms with Gasteiger partial charge in [0.2, 0.25) is 5.91 Å². The van der Waals surface area contributed by atoms with Crippen LogP contribution < -0.4 is 10.6 Å². The van der Waals surface area contributed by atoms with Crippen molar-refractivity contribution in [2.75, 3.05) is 12.1 Å². The van der Waals surface area contributed by atoms with E-state index in [0.29, 0.717) is 5.56 Å². The largest absolute Gasteiger partial charge is 0.452 e. The highest BCUT2D eigenvalue weighted by molar-refractivity contribution is 7.90.